The van der Waals surface area contributed by atoms with E-state index in [0.717, 1.165) is 13.1 Å². The smallest absolute Gasteiger partial charge is 0.244 e. The summed E-state index contributed by atoms with van der Waals surface area (Å²) in [5.74, 6) is -0.474. The van der Waals surface area contributed by atoms with Crippen LogP contribution in [0.5, 0.6) is 5.75 Å². The number of carbonyl (C=O) groups is 1. The van der Waals surface area contributed by atoms with E-state index in [1.165, 1.54) is 25.3 Å². The number of nitrogens with one attached hydrogen (secondary N) is 1. The van der Waals surface area contributed by atoms with E-state index in [2.05, 4.69) is 37.9 Å². The third-order valence-corrected chi connectivity index (χ3v) is 4.57. The summed E-state index contributed by atoms with van der Waals surface area (Å²) in [6.07, 6.45) is 3.36. The first-order valence-electron chi connectivity index (χ1n) is 8.91. The van der Waals surface area contributed by atoms with E-state index in [0.29, 0.717) is 12.1 Å². The van der Waals surface area contributed by atoms with Crippen molar-refractivity contribution < 1.29 is 18.7 Å². The number of benzene rings is 1. The SMILES string of the molecule is COc1ccc(/C=C/C(=O)NCC(C)(C)N2CC(C)OC(C)C2)cc1F. The topological polar surface area (TPSA) is 50.8 Å². The average Bonchev–Trinajstić information content (AvgIpc) is 2.57. The summed E-state index contributed by atoms with van der Waals surface area (Å²) in [4.78, 5) is 14.5. The Bertz CT molecular complexity index is 650. The summed E-state index contributed by atoms with van der Waals surface area (Å²) >= 11 is 0. The molecule has 2 rings (SSSR count). The minimum Gasteiger partial charge on any atom is -0.494 e. The van der Waals surface area contributed by atoms with Crippen LogP contribution in [0.4, 0.5) is 4.39 Å². The molecule has 0 spiro atoms. The second kappa shape index (κ2) is 8.64. The number of morpholine rings is 1. The Labute approximate surface area is 155 Å². The van der Waals surface area contributed by atoms with Gasteiger partial charge in [0.2, 0.25) is 5.91 Å². The molecule has 1 aromatic rings. The normalized spacial score (nSPS) is 21.8. The molecule has 1 N–H and O–H groups in total. The van der Waals surface area contributed by atoms with E-state index in [4.69, 9.17) is 9.47 Å². The molecular formula is C20H29FN2O3. The molecule has 5 nitrogen and oxygen atoms in total. The molecule has 1 heterocycles. The molecule has 26 heavy (non-hydrogen) atoms. The molecule has 0 aliphatic carbocycles. The quantitative estimate of drug-likeness (QED) is 0.789. The van der Waals surface area contributed by atoms with Crippen LogP contribution in [0.1, 0.15) is 33.3 Å². The van der Waals surface area contributed by atoms with Gasteiger partial charge in [-0.3, -0.25) is 9.69 Å². The van der Waals surface area contributed by atoms with E-state index in [1.54, 1.807) is 12.1 Å². The number of hydrogen-bond acceptors (Lipinski definition) is 4. The van der Waals surface area contributed by atoms with Crippen LogP contribution in [-0.4, -0.2) is 55.3 Å². The van der Waals surface area contributed by atoms with Crippen LogP contribution in [0.2, 0.25) is 0 Å². The highest BCUT2D eigenvalue weighted by atomic mass is 19.1. The first-order chi connectivity index (χ1) is 12.2. The number of ether oxygens (including phenoxy) is 2. The molecule has 6 heteroatoms. The van der Waals surface area contributed by atoms with Gasteiger partial charge >= 0.3 is 0 Å². The highest BCUT2D eigenvalue weighted by Gasteiger charge is 2.33. The molecule has 1 amide bonds. The van der Waals surface area contributed by atoms with Gasteiger partial charge in [0.05, 0.1) is 19.3 Å². The fraction of sp³-hybridized carbons (Fsp3) is 0.550. The molecule has 0 bridgehead atoms. The van der Waals surface area contributed by atoms with E-state index in [-0.39, 0.29) is 29.4 Å². The van der Waals surface area contributed by atoms with Crippen LogP contribution in [-0.2, 0) is 9.53 Å². The van der Waals surface area contributed by atoms with Gasteiger partial charge in [0.25, 0.3) is 0 Å². The Morgan fingerprint density at radius 1 is 1.38 bits per heavy atom. The zero-order valence-corrected chi connectivity index (χ0v) is 16.2. The number of carbonyl (C=O) groups excluding carboxylic acids is 1. The van der Waals surface area contributed by atoms with E-state index in [1.807, 2.05) is 0 Å². The number of halogens is 1. The number of rotatable bonds is 6. The third-order valence-electron chi connectivity index (χ3n) is 4.57. The van der Waals surface area contributed by atoms with Crippen LogP contribution >= 0.6 is 0 Å². The molecular weight excluding hydrogens is 335 g/mol. The number of hydrogen-bond donors (Lipinski definition) is 1. The van der Waals surface area contributed by atoms with Crippen molar-refractivity contribution in [3.05, 3.63) is 35.7 Å². The minimum atomic E-state index is -0.452. The Hall–Kier alpha value is -1.92. The Morgan fingerprint density at radius 3 is 2.62 bits per heavy atom. The van der Waals surface area contributed by atoms with Gasteiger partial charge in [-0.05, 0) is 51.5 Å². The highest BCUT2D eigenvalue weighted by Crippen LogP contribution is 2.21. The van der Waals surface area contributed by atoms with Gasteiger partial charge in [-0.15, -0.1) is 0 Å². The average molecular weight is 364 g/mol. The van der Waals surface area contributed by atoms with Gasteiger partial charge in [-0.25, -0.2) is 4.39 Å². The molecule has 1 saturated heterocycles. The van der Waals surface area contributed by atoms with Gasteiger partial charge in [-0.2, -0.15) is 0 Å². The highest BCUT2D eigenvalue weighted by molar-refractivity contribution is 5.91. The molecule has 0 radical (unpaired) electrons. The molecule has 1 aliphatic rings. The Balaban J connectivity index is 1.90. The van der Waals surface area contributed by atoms with Crippen LogP contribution in [0.3, 0.4) is 0 Å². The Morgan fingerprint density at radius 2 is 2.04 bits per heavy atom. The van der Waals surface area contributed by atoms with Crippen molar-refractivity contribution in [2.75, 3.05) is 26.7 Å². The van der Waals surface area contributed by atoms with Gasteiger partial charge in [0.1, 0.15) is 0 Å². The van der Waals surface area contributed by atoms with E-state index < -0.39 is 5.82 Å². The van der Waals surface area contributed by atoms with Crippen molar-refractivity contribution in [2.45, 2.75) is 45.4 Å². The van der Waals surface area contributed by atoms with E-state index in [9.17, 15) is 9.18 Å². The largest absolute Gasteiger partial charge is 0.494 e. The molecule has 1 aromatic carbocycles. The second-order valence-corrected chi connectivity index (χ2v) is 7.42. The monoisotopic (exact) mass is 364 g/mol. The lowest BCUT2D eigenvalue weighted by Crippen LogP contribution is -2.58. The maximum absolute atomic E-state index is 13.7. The third kappa shape index (κ3) is 5.54. The lowest BCUT2D eigenvalue weighted by Gasteiger charge is -2.45. The van der Waals surface area contributed by atoms with Crippen molar-refractivity contribution in [3.8, 4) is 5.75 Å². The zero-order chi connectivity index (χ0) is 19.3. The number of nitrogens with zero attached hydrogens (tertiary/aromatic N) is 1. The van der Waals surface area contributed by atoms with E-state index >= 15 is 0 Å². The first-order valence-corrected chi connectivity index (χ1v) is 8.91. The summed E-state index contributed by atoms with van der Waals surface area (Å²) in [6, 6.07) is 4.58. The fourth-order valence-electron chi connectivity index (χ4n) is 3.10. The van der Waals surface area contributed by atoms with Crippen LogP contribution < -0.4 is 10.1 Å². The van der Waals surface area contributed by atoms with Crippen molar-refractivity contribution in [1.82, 2.24) is 10.2 Å². The summed E-state index contributed by atoms with van der Waals surface area (Å²) in [5.41, 5.74) is 0.427. The maximum atomic E-state index is 13.7. The fourth-order valence-corrected chi connectivity index (χ4v) is 3.10. The van der Waals surface area contributed by atoms with Crippen LogP contribution in [0.15, 0.2) is 24.3 Å². The second-order valence-electron chi connectivity index (χ2n) is 7.42. The van der Waals surface area contributed by atoms with Crippen LogP contribution in [0, 0.1) is 5.82 Å². The maximum Gasteiger partial charge on any atom is 0.244 e. The summed E-state index contributed by atoms with van der Waals surface area (Å²) < 4.78 is 24.3. The predicted octanol–water partition coefficient (Wildman–Crippen LogP) is 2.85. The van der Waals surface area contributed by atoms with Gasteiger partial charge in [-0.1, -0.05) is 6.07 Å². The molecule has 2 unspecified atom stereocenters. The number of methoxy groups -OCH3 is 1. The summed E-state index contributed by atoms with van der Waals surface area (Å²) in [6.45, 7) is 10.6. The Kier molecular flexibility index (Phi) is 6.78. The summed E-state index contributed by atoms with van der Waals surface area (Å²) in [5, 5.41) is 2.93. The van der Waals surface area contributed by atoms with Crippen molar-refractivity contribution in [3.63, 3.8) is 0 Å². The number of amides is 1. The zero-order valence-electron chi connectivity index (χ0n) is 16.2. The van der Waals surface area contributed by atoms with Crippen molar-refractivity contribution >= 4 is 12.0 Å². The first kappa shape index (κ1) is 20.4. The van der Waals surface area contributed by atoms with Gasteiger partial charge < -0.3 is 14.8 Å². The van der Waals surface area contributed by atoms with Crippen molar-refractivity contribution in [1.29, 1.82) is 0 Å². The standard InChI is InChI=1S/C20H29FN2O3/c1-14-11-23(12-15(2)26-14)20(3,4)13-22-19(24)9-7-16-6-8-18(25-5)17(21)10-16/h6-10,14-15H,11-13H2,1-5H3,(H,22,24)/b9-7+. The molecule has 2 atom stereocenters. The molecule has 0 saturated carbocycles. The predicted molar refractivity (Wildman–Crippen MR) is 101 cm³/mol. The lowest BCUT2D eigenvalue weighted by molar-refractivity contribution is -0.118. The molecule has 1 aliphatic heterocycles. The van der Waals surface area contributed by atoms with Gasteiger partial charge in [0.15, 0.2) is 11.6 Å². The van der Waals surface area contributed by atoms with Gasteiger partial charge in [0, 0.05) is 31.2 Å². The summed E-state index contributed by atoms with van der Waals surface area (Å²) in [7, 11) is 1.42. The molecule has 0 aromatic heterocycles. The minimum absolute atomic E-state index is 0.179. The lowest BCUT2D eigenvalue weighted by atomic mass is 10.00. The van der Waals surface area contributed by atoms with Crippen molar-refractivity contribution in [2.24, 2.45) is 0 Å². The molecule has 144 valence electrons. The van der Waals surface area contributed by atoms with Crippen LogP contribution in [0.25, 0.3) is 6.08 Å². The molecule has 1 fully saturated rings.